The normalized spacial score (nSPS) is 20.9. The number of ether oxygens (including phenoxy) is 1. The lowest BCUT2D eigenvalue weighted by Crippen LogP contribution is -2.20. The average molecular weight is 448 g/mol. The number of halogens is 2. The molecule has 168 valence electrons. The van der Waals surface area contributed by atoms with Gasteiger partial charge >= 0.3 is 0 Å². The molecule has 0 N–H and O–H groups in total. The number of rotatable bonds is 4. The molecule has 1 aliphatic carbocycles. The Morgan fingerprint density at radius 3 is 2.76 bits per heavy atom. The number of hydrogen-bond acceptors (Lipinski definition) is 6. The van der Waals surface area contributed by atoms with Gasteiger partial charge in [0.25, 0.3) is 0 Å². The quantitative estimate of drug-likeness (QED) is 0.445. The molecular formula is C24H22F2N6O. The van der Waals surface area contributed by atoms with E-state index >= 15 is 0 Å². The molecule has 9 heteroatoms. The molecule has 0 bridgehead atoms. The monoisotopic (exact) mass is 448 g/mol. The van der Waals surface area contributed by atoms with Crippen LogP contribution >= 0.6 is 0 Å². The second kappa shape index (κ2) is 7.91. The molecule has 6 rings (SSSR count). The molecule has 4 heterocycles. The molecule has 33 heavy (non-hydrogen) atoms. The third-order valence-corrected chi connectivity index (χ3v) is 6.30. The van der Waals surface area contributed by atoms with Crippen molar-refractivity contribution in [1.29, 1.82) is 0 Å². The first kappa shape index (κ1) is 20.3. The van der Waals surface area contributed by atoms with Crippen LogP contribution in [0.1, 0.15) is 60.8 Å². The van der Waals surface area contributed by atoms with E-state index in [9.17, 15) is 8.78 Å². The predicted octanol–water partition coefficient (Wildman–Crippen LogP) is 4.84. The van der Waals surface area contributed by atoms with Crippen molar-refractivity contribution in [2.45, 2.75) is 50.7 Å². The summed E-state index contributed by atoms with van der Waals surface area (Å²) in [6, 6.07) is 3.97. The zero-order valence-corrected chi connectivity index (χ0v) is 18.1. The lowest BCUT2D eigenvalue weighted by atomic mass is 9.92. The van der Waals surface area contributed by atoms with E-state index in [1.54, 1.807) is 6.20 Å². The van der Waals surface area contributed by atoms with Crippen LogP contribution in [0, 0.1) is 18.6 Å². The zero-order valence-electron chi connectivity index (χ0n) is 18.1. The number of aryl methyl sites for hydroxylation is 1. The van der Waals surface area contributed by atoms with Crippen molar-refractivity contribution in [1.82, 2.24) is 29.7 Å². The lowest BCUT2D eigenvalue weighted by Gasteiger charge is -2.28. The standard InChI is InChI=1S/C24H22F2N6O/c1-13-10-27-22-21(18-5-2-16(25)9-19(18)26)30-23(31-24(22)29-13)14-6-7-33-20(8-14)15-11-28-32(12-15)17-3-4-17/h2,5,9-12,14,17,20H,3-4,6-8H2,1H3/t14-,20+/m0/s1. The van der Waals surface area contributed by atoms with Gasteiger partial charge in [-0.2, -0.15) is 5.10 Å². The van der Waals surface area contributed by atoms with Crippen LogP contribution in [0.3, 0.4) is 0 Å². The van der Waals surface area contributed by atoms with Gasteiger partial charge in [-0.05, 0) is 44.7 Å². The Morgan fingerprint density at radius 1 is 1.06 bits per heavy atom. The van der Waals surface area contributed by atoms with Gasteiger partial charge in [-0.15, -0.1) is 0 Å². The van der Waals surface area contributed by atoms with E-state index in [1.807, 2.05) is 17.8 Å². The Labute approximate surface area is 188 Å². The van der Waals surface area contributed by atoms with Crippen molar-refractivity contribution in [2.75, 3.05) is 6.61 Å². The molecule has 0 spiro atoms. The molecule has 2 aliphatic rings. The highest BCUT2D eigenvalue weighted by atomic mass is 19.1. The van der Waals surface area contributed by atoms with Crippen molar-refractivity contribution in [3.63, 3.8) is 0 Å². The average Bonchev–Trinajstić information content (AvgIpc) is 3.54. The lowest BCUT2D eigenvalue weighted by molar-refractivity contribution is 0.00396. The highest BCUT2D eigenvalue weighted by Gasteiger charge is 2.31. The summed E-state index contributed by atoms with van der Waals surface area (Å²) in [5, 5.41) is 4.49. The van der Waals surface area contributed by atoms with E-state index in [4.69, 9.17) is 14.7 Å². The fraction of sp³-hybridized carbons (Fsp3) is 0.375. The van der Waals surface area contributed by atoms with E-state index in [1.165, 1.54) is 25.0 Å². The van der Waals surface area contributed by atoms with E-state index in [-0.39, 0.29) is 17.6 Å². The van der Waals surface area contributed by atoms with E-state index in [0.29, 0.717) is 47.4 Å². The van der Waals surface area contributed by atoms with Crippen LogP contribution in [0.4, 0.5) is 8.78 Å². The summed E-state index contributed by atoms with van der Waals surface area (Å²) in [6.45, 7) is 2.39. The minimum atomic E-state index is -0.694. The second-order valence-corrected chi connectivity index (χ2v) is 8.80. The summed E-state index contributed by atoms with van der Waals surface area (Å²) in [6.07, 6.45) is 9.20. The third-order valence-electron chi connectivity index (χ3n) is 6.30. The van der Waals surface area contributed by atoms with Crippen LogP contribution in [0.15, 0.2) is 36.8 Å². The Morgan fingerprint density at radius 2 is 1.94 bits per heavy atom. The predicted molar refractivity (Wildman–Crippen MR) is 116 cm³/mol. The van der Waals surface area contributed by atoms with Crippen LogP contribution in [0.5, 0.6) is 0 Å². The van der Waals surface area contributed by atoms with Crippen molar-refractivity contribution in [3.05, 3.63) is 65.5 Å². The SMILES string of the molecule is Cc1cnc2c(-c3ccc(F)cc3F)nc([C@H]3CCO[C@@H](c4cnn(C5CC5)c4)C3)nc2n1. The maximum absolute atomic E-state index is 14.7. The smallest absolute Gasteiger partial charge is 0.182 e. The van der Waals surface area contributed by atoms with Gasteiger partial charge in [0, 0.05) is 42.1 Å². The third kappa shape index (κ3) is 3.86. The van der Waals surface area contributed by atoms with Gasteiger partial charge < -0.3 is 4.74 Å². The molecule has 0 radical (unpaired) electrons. The number of fused-ring (bicyclic) bond motifs is 1. The summed E-state index contributed by atoms with van der Waals surface area (Å²) in [5.74, 6) is -0.762. The van der Waals surface area contributed by atoms with Crippen LogP contribution in [-0.2, 0) is 4.74 Å². The number of benzene rings is 1. The van der Waals surface area contributed by atoms with Gasteiger partial charge in [0.2, 0.25) is 0 Å². The second-order valence-electron chi connectivity index (χ2n) is 8.80. The Kier molecular flexibility index (Phi) is 4.86. The number of nitrogens with zero attached hydrogens (tertiary/aromatic N) is 6. The minimum Gasteiger partial charge on any atom is -0.373 e. The molecule has 2 fully saturated rings. The molecule has 1 aliphatic heterocycles. The fourth-order valence-electron chi connectivity index (χ4n) is 4.38. The van der Waals surface area contributed by atoms with Crippen LogP contribution in [0.2, 0.25) is 0 Å². The summed E-state index contributed by atoms with van der Waals surface area (Å²) in [5.41, 5.74) is 3.05. The van der Waals surface area contributed by atoms with Gasteiger partial charge in [-0.3, -0.25) is 4.68 Å². The van der Waals surface area contributed by atoms with Crippen LogP contribution in [0.25, 0.3) is 22.4 Å². The molecule has 4 aromatic rings. The summed E-state index contributed by atoms with van der Waals surface area (Å²) < 4.78 is 36.3. The first-order valence-corrected chi connectivity index (χ1v) is 11.2. The van der Waals surface area contributed by atoms with Gasteiger partial charge in [0.1, 0.15) is 28.7 Å². The fourth-order valence-corrected chi connectivity index (χ4v) is 4.38. The van der Waals surface area contributed by atoms with Crippen molar-refractivity contribution < 1.29 is 13.5 Å². The first-order chi connectivity index (χ1) is 16.0. The largest absolute Gasteiger partial charge is 0.373 e. The van der Waals surface area contributed by atoms with Crippen molar-refractivity contribution >= 4 is 11.2 Å². The molecule has 7 nitrogen and oxygen atoms in total. The zero-order chi connectivity index (χ0) is 22.5. The topological polar surface area (TPSA) is 78.6 Å². The van der Waals surface area contributed by atoms with Gasteiger partial charge in [0.05, 0.1) is 24.0 Å². The molecule has 0 unspecified atom stereocenters. The minimum absolute atomic E-state index is 0.00185. The molecule has 1 saturated carbocycles. The molecule has 1 saturated heterocycles. The highest BCUT2D eigenvalue weighted by Crippen LogP contribution is 2.39. The van der Waals surface area contributed by atoms with Crippen LogP contribution < -0.4 is 0 Å². The summed E-state index contributed by atoms with van der Waals surface area (Å²) in [4.78, 5) is 18.4. The summed E-state index contributed by atoms with van der Waals surface area (Å²) in [7, 11) is 0. The maximum atomic E-state index is 14.7. The molecule has 3 aromatic heterocycles. The number of hydrogen-bond donors (Lipinski definition) is 0. The van der Waals surface area contributed by atoms with E-state index in [0.717, 1.165) is 18.1 Å². The first-order valence-electron chi connectivity index (χ1n) is 11.2. The van der Waals surface area contributed by atoms with Gasteiger partial charge in [-0.1, -0.05) is 0 Å². The summed E-state index contributed by atoms with van der Waals surface area (Å²) >= 11 is 0. The van der Waals surface area contributed by atoms with Crippen molar-refractivity contribution in [3.8, 4) is 11.3 Å². The molecular weight excluding hydrogens is 426 g/mol. The van der Waals surface area contributed by atoms with Crippen molar-refractivity contribution in [2.24, 2.45) is 0 Å². The number of aromatic nitrogens is 6. The molecule has 0 amide bonds. The van der Waals surface area contributed by atoms with E-state index in [2.05, 4.69) is 21.3 Å². The van der Waals surface area contributed by atoms with Gasteiger partial charge in [0.15, 0.2) is 5.65 Å². The highest BCUT2D eigenvalue weighted by molar-refractivity contribution is 5.86. The Bertz CT molecular complexity index is 1350. The maximum Gasteiger partial charge on any atom is 0.182 e. The Balaban J connectivity index is 1.39. The van der Waals surface area contributed by atoms with Gasteiger partial charge in [-0.25, -0.2) is 28.7 Å². The van der Waals surface area contributed by atoms with Crippen LogP contribution in [-0.4, -0.2) is 36.3 Å². The Hall–Kier alpha value is -3.33. The molecule has 1 aromatic carbocycles. The van der Waals surface area contributed by atoms with E-state index < -0.39 is 11.6 Å². The molecule has 2 atom stereocenters.